The quantitative estimate of drug-likeness (QED) is 0.274. The van der Waals surface area contributed by atoms with Crippen LogP contribution in [0.5, 0.6) is 0 Å². The van der Waals surface area contributed by atoms with Gasteiger partial charge in [-0.15, -0.1) is 0 Å². The van der Waals surface area contributed by atoms with Crippen molar-refractivity contribution in [2.24, 2.45) is 0 Å². The van der Waals surface area contributed by atoms with E-state index in [0.717, 1.165) is 35.1 Å². The summed E-state index contributed by atoms with van der Waals surface area (Å²) >= 11 is 0. The standard InChI is InChI=1S/C27H36O3/c1-3-4-5-6-7-8-9-10-15-20-30-26(28)27(21-29-2)24-18-13-11-16-22(24)23-17-12-14-19-25(23)27/h11-14,16-19H,3-10,15,20-21H2,1-2H3. The minimum absolute atomic E-state index is 0.193. The van der Waals surface area contributed by atoms with Gasteiger partial charge in [-0.05, 0) is 28.7 Å². The molecule has 0 unspecified atom stereocenters. The molecule has 0 radical (unpaired) electrons. The van der Waals surface area contributed by atoms with E-state index in [0.29, 0.717) is 6.61 Å². The topological polar surface area (TPSA) is 35.5 Å². The minimum Gasteiger partial charge on any atom is -0.465 e. The van der Waals surface area contributed by atoms with Crippen molar-refractivity contribution in [2.45, 2.75) is 70.1 Å². The first-order valence-corrected chi connectivity index (χ1v) is 11.6. The van der Waals surface area contributed by atoms with Gasteiger partial charge in [0.1, 0.15) is 5.41 Å². The number of benzene rings is 2. The van der Waals surface area contributed by atoms with Gasteiger partial charge in [0.2, 0.25) is 0 Å². The van der Waals surface area contributed by atoms with Crippen molar-refractivity contribution in [2.75, 3.05) is 20.3 Å². The van der Waals surface area contributed by atoms with Crippen LogP contribution < -0.4 is 0 Å². The van der Waals surface area contributed by atoms with E-state index in [-0.39, 0.29) is 12.6 Å². The van der Waals surface area contributed by atoms with Crippen LogP contribution in [0.2, 0.25) is 0 Å². The molecular weight excluding hydrogens is 372 g/mol. The molecule has 1 aliphatic carbocycles. The lowest BCUT2D eigenvalue weighted by Gasteiger charge is -2.29. The SMILES string of the molecule is CCCCCCCCCCCOC(=O)C1(COC)c2ccccc2-c2ccccc21. The van der Waals surface area contributed by atoms with Crippen molar-refractivity contribution in [3.8, 4) is 11.1 Å². The second-order valence-electron chi connectivity index (χ2n) is 8.39. The molecule has 3 heteroatoms. The number of methoxy groups -OCH3 is 1. The second-order valence-corrected chi connectivity index (χ2v) is 8.39. The van der Waals surface area contributed by atoms with E-state index in [2.05, 4.69) is 19.1 Å². The maximum atomic E-state index is 13.4. The number of hydrogen-bond acceptors (Lipinski definition) is 3. The van der Waals surface area contributed by atoms with Crippen molar-refractivity contribution in [1.29, 1.82) is 0 Å². The Bertz CT molecular complexity index is 766. The highest BCUT2D eigenvalue weighted by Crippen LogP contribution is 2.49. The van der Waals surface area contributed by atoms with Crippen LogP contribution in [-0.2, 0) is 19.7 Å². The molecule has 3 nitrogen and oxygen atoms in total. The van der Waals surface area contributed by atoms with Crippen LogP contribution in [0.1, 0.15) is 75.8 Å². The van der Waals surface area contributed by atoms with Gasteiger partial charge in [-0.2, -0.15) is 0 Å². The van der Waals surface area contributed by atoms with E-state index in [4.69, 9.17) is 9.47 Å². The molecule has 2 aromatic carbocycles. The van der Waals surface area contributed by atoms with E-state index >= 15 is 0 Å². The summed E-state index contributed by atoms with van der Waals surface area (Å²) in [5, 5.41) is 0. The Hall–Kier alpha value is -2.13. The Morgan fingerprint density at radius 3 is 1.80 bits per heavy atom. The molecule has 0 fully saturated rings. The van der Waals surface area contributed by atoms with Crippen molar-refractivity contribution >= 4 is 5.97 Å². The van der Waals surface area contributed by atoms with Crippen molar-refractivity contribution in [3.05, 3.63) is 59.7 Å². The average Bonchev–Trinajstić information content (AvgIpc) is 3.06. The Morgan fingerprint density at radius 1 is 0.767 bits per heavy atom. The number of fused-ring (bicyclic) bond motifs is 3. The normalized spacial score (nSPS) is 13.7. The zero-order valence-corrected chi connectivity index (χ0v) is 18.6. The lowest BCUT2D eigenvalue weighted by Crippen LogP contribution is -2.41. The lowest BCUT2D eigenvalue weighted by molar-refractivity contribution is -0.151. The molecule has 0 saturated carbocycles. The van der Waals surface area contributed by atoms with Gasteiger partial charge in [0.25, 0.3) is 0 Å². The summed E-state index contributed by atoms with van der Waals surface area (Å²) in [5.74, 6) is -0.193. The van der Waals surface area contributed by atoms with Gasteiger partial charge in [-0.1, -0.05) is 107 Å². The number of esters is 1. The Kier molecular flexibility index (Phi) is 8.50. The summed E-state index contributed by atoms with van der Waals surface area (Å²) in [7, 11) is 1.65. The maximum absolute atomic E-state index is 13.4. The molecule has 0 saturated heterocycles. The fourth-order valence-corrected chi connectivity index (χ4v) is 4.68. The van der Waals surface area contributed by atoms with E-state index in [9.17, 15) is 4.79 Å². The van der Waals surface area contributed by atoms with Gasteiger partial charge in [0.15, 0.2) is 0 Å². The fourth-order valence-electron chi connectivity index (χ4n) is 4.68. The molecule has 0 bridgehead atoms. The van der Waals surface area contributed by atoms with Crippen molar-refractivity contribution in [1.82, 2.24) is 0 Å². The Morgan fingerprint density at radius 2 is 1.27 bits per heavy atom. The van der Waals surface area contributed by atoms with Gasteiger partial charge < -0.3 is 9.47 Å². The Labute approximate surface area is 181 Å². The Balaban J connectivity index is 1.58. The molecule has 2 aromatic rings. The van der Waals surface area contributed by atoms with Gasteiger partial charge in [-0.25, -0.2) is 0 Å². The third-order valence-electron chi connectivity index (χ3n) is 6.25. The summed E-state index contributed by atoms with van der Waals surface area (Å²) in [5.41, 5.74) is 3.31. The van der Waals surface area contributed by atoms with Crippen LogP contribution in [0.4, 0.5) is 0 Å². The fraction of sp³-hybridized carbons (Fsp3) is 0.519. The number of rotatable bonds is 13. The lowest BCUT2D eigenvalue weighted by atomic mass is 9.79. The van der Waals surface area contributed by atoms with E-state index in [1.165, 1.54) is 44.9 Å². The second kappa shape index (κ2) is 11.3. The predicted octanol–water partition coefficient (Wildman–Crippen LogP) is 6.67. The third-order valence-corrected chi connectivity index (χ3v) is 6.25. The van der Waals surface area contributed by atoms with Gasteiger partial charge >= 0.3 is 5.97 Å². The number of unbranched alkanes of at least 4 members (excludes halogenated alkanes) is 8. The molecule has 0 heterocycles. The molecule has 3 rings (SSSR count). The zero-order chi connectivity index (χ0) is 21.2. The van der Waals surface area contributed by atoms with Crippen molar-refractivity contribution in [3.63, 3.8) is 0 Å². The summed E-state index contributed by atoms with van der Waals surface area (Å²) in [6, 6.07) is 16.3. The summed E-state index contributed by atoms with van der Waals surface area (Å²) < 4.78 is 11.4. The smallest absolute Gasteiger partial charge is 0.323 e. The van der Waals surface area contributed by atoms with Crippen LogP contribution in [-0.4, -0.2) is 26.3 Å². The number of carbonyl (C=O) groups is 1. The minimum atomic E-state index is -0.874. The monoisotopic (exact) mass is 408 g/mol. The summed E-state index contributed by atoms with van der Waals surface area (Å²) in [6.45, 7) is 3.02. The van der Waals surface area contributed by atoms with Crippen molar-refractivity contribution < 1.29 is 14.3 Å². The summed E-state index contributed by atoms with van der Waals surface area (Å²) in [4.78, 5) is 13.4. The van der Waals surface area contributed by atoms with E-state index < -0.39 is 5.41 Å². The van der Waals surface area contributed by atoms with Gasteiger partial charge in [-0.3, -0.25) is 4.79 Å². The number of hydrogen-bond donors (Lipinski definition) is 0. The third kappa shape index (κ3) is 4.78. The first-order chi connectivity index (χ1) is 14.8. The molecule has 0 aliphatic heterocycles. The highest BCUT2D eigenvalue weighted by molar-refractivity contribution is 5.98. The molecule has 30 heavy (non-hydrogen) atoms. The maximum Gasteiger partial charge on any atom is 0.323 e. The molecule has 0 N–H and O–H groups in total. The number of carbonyl (C=O) groups excluding carboxylic acids is 1. The molecule has 162 valence electrons. The summed E-state index contributed by atoms with van der Waals surface area (Å²) in [6.07, 6.45) is 11.2. The first-order valence-electron chi connectivity index (χ1n) is 11.6. The highest BCUT2D eigenvalue weighted by atomic mass is 16.5. The molecular formula is C27H36O3. The largest absolute Gasteiger partial charge is 0.465 e. The van der Waals surface area contributed by atoms with Gasteiger partial charge in [0, 0.05) is 7.11 Å². The van der Waals surface area contributed by atoms with Crippen LogP contribution >= 0.6 is 0 Å². The molecule has 0 atom stereocenters. The van der Waals surface area contributed by atoms with Crippen LogP contribution in [0.15, 0.2) is 48.5 Å². The highest BCUT2D eigenvalue weighted by Gasteiger charge is 2.50. The predicted molar refractivity (Wildman–Crippen MR) is 123 cm³/mol. The van der Waals surface area contributed by atoms with Crippen LogP contribution in [0.25, 0.3) is 11.1 Å². The van der Waals surface area contributed by atoms with Crippen LogP contribution in [0.3, 0.4) is 0 Å². The van der Waals surface area contributed by atoms with Gasteiger partial charge in [0.05, 0.1) is 13.2 Å². The molecule has 0 aromatic heterocycles. The zero-order valence-electron chi connectivity index (χ0n) is 18.6. The molecule has 0 amide bonds. The van der Waals surface area contributed by atoms with E-state index in [1.54, 1.807) is 7.11 Å². The first kappa shape index (κ1) is 22.6. The average molecular weight is 409 g/mol. The molecule has 1 aliphatic rings. The van der Waals surface area contributed by atoms with Crippen LogP contribution in [0, 0.1) is 0 Å². The molecule has 0 spiro atoms. The number of ether oxygens (including phenoxy) is 2. The van der Waals surface area contributed by atoms with E-state index in [1.807, 2.05) is 36.4 Å².